The highest BCUT2D eigenvalue weighted by molar-refractivity contribution is 4.95. The minimum atomic E-state index is 0.621. The molecule has 1 rings (SSSR count). The van der Waals surface area contributed by atoms with Crippen LogP contribution in [0.4, 0.5) is 0 Å². The molecule has 0 aromatic rings. The van der Waals surface area contributed by atoms with Gasteiger partial charge in [0.25, 0.3) is 0 Å². The third-order valence-corrected chi connectivity index (χ3v) is 5.14. The number of unbranched alkanes of at least 4 members (excludes halogenated alkanes) is 3. The SMILES string of the molecule is CCCCCCC(NCCC)C1(CC(C)C)CCCC1. The Morgan fingerprint density at radius 1 is 0.950 bits per heavy atom. The first-order valence-corrected chi connectivity index (χ1v) is 9.38. The van der Waals surface area contributed by atoms with Crippen molar-refractivity contribution in [3.63, 3.8) is 0 Å². The van der Waals surface area contributed by atoms with Gasteiger partial charge in [-0.05, 0) is 50.0 Å². The molecule has 1 N–H and O–H groups in total. The standard InChI is InChI=1S/C19H39N/c1-5-7-8-9-12-18(20-15-6-2)19(16-17(3)4)13-10-11-14-19/h17-18,20H,5-16H2,1-4H3. The fraction of sp³-hybridized carbons (Fsp3) is 1.00. The average Bonchev–Trinajstić information content (AvgIpc) is 2.86. The molecule has 0 aromatic carbocycles. The molecule has 120 valence electrons. The van der Waals surface area contributed by atoms with Crippen LogP contribution in [0.3, 0.4) is 0 Å². The minimum absolute atomic E-state index is 0.621. The maximum Gasteiger partial charge on any atom is 0.0124 e. The number of rotatable bonds is 11. The highest BCUT2D eigenvalue weighted by Crippen LogP contribution is 2.47. The van der Waals surface area contributed by atoms with Gasteiger partial charge in [-0.2, -0.15) is 0 Å². The lowest BCUT2D eigenvalue weighted by molar-refractivity contribution is 0.145. The van der Waals surface area contributed by atoms with Gasteiger partial charge in [0.05, 0.1) is 0 Å². The van der Waals surface area contributed by atoms with E-state index < -0.39 is 0 Å². The summed E-state index contributed by atoms with van der Waals surface area (Å²) >= 11 is 0. The Morgan fingerprint density at radius 3 is 2.20 bits per heavy atom. The minimum Gasteiger partial charge on any atom is -0.313 e. The van der Waals surface area contributed by atoms with Crippen molar-refractivity contribution in [2.45, 2.75) is 104 Å². The Bertz CT molecular complexity index is 228. The van der Waals surface area contributed by atoms with Crippen LogP contribution in [0.1, 0.15) is 98.3 Å². The lowest BCUT2D eigenvalue weighted by Gasteiger charge is -2.40. The van der Waals surface area contributed by atoms with Crippen molar-refractivity contribution >= 4 is 0 Å². The molecule has 1 unspecified atom stereocenters. The Labute approximate surface area is 128 Å². The molecule has 0 saturated heterocycles. The van der Waals surface area contributed by atoms with Crippen molar-refractivity contribution in [2.75, 3.05) is 6.54 Å². The van der Waals surface area contributed by atoms with Crippen LogP contribution in [0.25, 0.3) is 0 Å². The largest absolute Gasteiger partial charge is 0.313 e. The molecule has 0 bridgehead atoms. The summed E-state index contributed by atoms with van der Waals surface area (Å²) in [6.45, 7) is 10.6. The van der Waals surface area contributed by atoms with Gasteiger partial charge in [0, 0.05) is 6.04 Å². The quantitative estimate of drug-likeness (QED) is 0.463. The van der Waals surface area contributed by atoms with E-state index in [1.54, 1.807) is 0 Å². The smallest absolute Gasteiger partial charge is 0.0124 e. The number of nitrogens with one attached hydrogen (secondary N) is 1. The topological polar surface area (TPSA) is 12.0 Å². The van der Waals surface area contributed by atoms with Gasteiger partial charge in [-0.15, -0.1) is 0 Å². The van der Waals surface area contributed by atoms with Gasteiger partial charge in [0.2, 0.25) is 0 Å². The molecule has 0 spiro atoms. The third kappa shape index (κ3) is 5.76. The van der Waals surface area contributed by atoms with Crippen LogP contribution in [-0.2, 0) is 0 Å². The van der Waals surface area contributed by atoms with Gasteiger partial charge in [0.1, 0.15) is 0 Å². The molecule has 1 saturated carbocycles. The summed E-state index contributed by atoms with van der Waals surface area (Å²) < 4.78 is 0. The van der Waals surface area contributed by atoms with Crippen molar-refractivity contribution in [3.05, 3.63) is 0 Å². The highest BCUT2D eigenvalue weighted by Gasteiger charge is 2.40. The van der Waals surface area contributed by atoms with Gasteiger partial charge in [-0.3, -0.25) is 0 Å². The second-order valence-electron chi connectivity index (χ2n) is 7.52. The maximum absolute atomic E-state index is 3.93. The lowest BCUT2D eigenvalue weighted by Crippen LogP contribution is -2.45. The van der Waals surface area contributed by atoms with Crippen molar-refractivity contribution < 1.29 is 0 Å². The van der Waals surface area contributed by atoms with Crippen LogP contribution in [0.5, 0.6) is 0 Å². The zero-order chi connectivity index (χ0) is 14.8. The maximum atomic E-state index is 3.93. The van der Waals surface area contributed by atoms with E-state index >= 15 is 0 Å². The van der Waals surface area contributed by atoms with E-state index in [9.17, 15) is 0 Å². The third-order valence-electron chi connectivity index (χ3n) is 5.14. The van der Waals surface area contributed by atoms with Crippen LogP contribution < -0.4 is 5.32 Å². The predicted octanol–water partition coefficient (Wildman–Crippen LogP) is 5.93. The number of hydrogen-bond acceptors (Lipinski definition) is 1. The van der Waals surface area contributed by atoms with Crippen molar-refractivity contribution in [1.29, 1.82) is 0 Å². The molecule has 0 heterocycles. The first kappa shape index (κ1) is 18.0. The molecule has 0 aliphatic heterocycles. The van der Waals surface area contributed by atoms with E-state index in [-0.39, 0.29) is 0 Å². The van der Waals surface area contributed by atoms with Crippen LogP contribution in [0.15, 0.2) is 0 Å². The van der Waals surface area contributed by atoms with E-state index in [0.717, 1.165) is 12.0 Å². The van der Waals surface area contributed by atoms with E-state index in [0.29, 0.717) is 5.41 Å². The second kappa shape index (κ2) is 9.82. The fourth-order valence-corrected chi connectivity index (χ4v) is 4.31. The molecule has 1 nitrogen and oxygen atoms in total. The molecule has 0 aromatic heterocycles. The van der Waals surface area contributed by atoms with E-state index in [2.05, 4.69) is 33.0 Å². The van der Waals surface area contributed by atoms with Crippen molar-refractivity contribution in [2.24, 2.45) is 11.3 Å². The monoisotopic (exact) mass is 281 g/mol. The van der Waals surface area contributed by atoms with Crippen LogP contribution in [0, 0.1) is 11.3 Å². The lowest BCUT2D eigenvalue weighted by atomic mass is 9.71. The van der Waals surface area contributed by atoms with E-state index in [1.807, 2.05) is 0 Å². The first-order chi connectivity index (χ1) is 9.64. The Balaban J connectivity index is 2.60. The van der Waals surface area contributed by atoms with Crippen LogP contribution in [-0.4, -0.2) is 12.6 Å². The average molecular weight is 282 g/mol. The molecule has 20 heavy (non-hydrogen) atoms. The van der Waals surface area contributed by atoms with E-state index in [4.69, 9.17) is 0 Å². The molecule has 0 amide bonds. The molecule has 0 radical (unpaired) electrons. The second-order valence-corrected chi connectivity index (χ2v) is 7.52. The van der Waals surface area contributed by atoms with Crippen molar-refractivity contribution in [1.82, 2.24) is 5.32 Å². The summed E-state index contributed by atoms with van der Waals surface area (Å²) in [7, 11) is 0. The molecule has 1 heteroatoms. The summed E-state index contributed by atoms with van der Waals surface area (Å²) in [5, 5.41) is 3.93. The molecular formula is C19H39N. The van der Waals surface area contributed by atoms with Gasteiger partial charge < -0.3 is 5.32 Å². The molecule has 1 aliphatic rings. The molecule has 1 fully saturated rings. The summed E-state index contributed by atoms with van der Waals surface area (Å²) in [4.78, 5) is 0. The molecule has 1 aliphatic carbocycles. The van der Waals surface area contributed by atoms with Crippen molar-refractivity contribution in [3.8, 4) is 0 Å². The van der Waals surface area contributed by atoms with Gasteiger partial charge in [-0.1, -0.05) is 66.2 Å². The Hall–Kier alpha value is -0.0400. The molecule has 1 atom stereocenters. The first-order valence-electron chi connectivity index (χ1n) is 9.38. The van der Waals surface area contributed by atoms with E-state index in [1.165, 1.54) is 77.2 Å². The highest BCUT2D eigenvalue weighted by atomic mass is 14.9. The van der Waals surface area contributed by atoms with Gasteiger partial charge in [0.15, 0.2) is 0 Å². The van der Waals surface area contributed by atoms with Gasteiger partial charge in [-0.25, -0.2) is 0 Å². The normalized spacial score (nSPS) is 19.6. The van der Waals surface area contributed by atoms with Crippen LogP contribution in [0.2, 0.25) is 0 Å². The Morgan fingerprint density at radius 2 is 1.65 bits per heavy atom. The summed E-state index contributed by atoms with van der Waals surface area (Å²) in [6, 6.07) is 0.782. The zero-order valence-electron chi connectivity index (χ0n) is 14.6. The summed E-state index contributed by atoms with van der Waals surface area (Å²) in [6.07, 6.45) is 15.6. The zero-order valence-corrected chi connectivity index (χ0v) is 14.6. The van der Waals surface area contributed by atoms with Gasteiger partial charge >= 0.3 is 0 Å². The summed E-state index contributed by atoms with van der Waals surface area (Å²) in [5.41, 5.74) is 0.621. The predicted molar refractivity (Wildman–Crippen MR) is 91.2 cm³/mol. The summed E-state index contributed by atoms with van der Waals surface area (Å²) in [5.74, 6) is 0.842. The Kier molecular flexibility index (Phi) is 8.84. The van der Waals surface area contributed by atoms with Crippen LogP contribution >= 0.6 is 0 Å². The fourth-order valence-electron chi connectivity index (χ4n) is 4.31. The number of hydrogen-bond donors (Lipinski definition) is 1. The molecular weight excluding hydrogens is 242 g/mol.